The lowest BCUT2D eigenvalue weighted by molar-refractivity contribution is -0.134. The number of aromatic nitrogens is 3. The minimum Gasteiger partial charge on any atom is -0.497 e. The van der Waals surface area contributed by atoms with Crippen LogP contribution in [0.1, 0.15) is 12.5 Å². The number of aryl methyl sites for hydroxylation is 1. The molecule has 2 amide bonds. The Labute approximate surface area is 201 Å². The fourth-order valence-electron chi connectivity index (χ4n) is 3.55. The maximum absolute atomic E-state index is 13.0. The number of carbonyl (C=O) groups excluding carboxylic acids is 2. The van der Waals surface area contributed by atoms with Crippen LogP contribution in [0.2, 0.25) is 0 Å². The Morgan fingerprint density at radius 3 is 2.76 bits per heavy atom. The summed E-state index contributed by atoms with van der Waals surface area (Å²) in [5.41, 5.74) is 2.85. The molecule has 0 aliphatic carbocycles. The van der Waals surface area contributed by atoms with Gasteiger partial charge in [0.25, 0.3) is 0 Å². The molecule has 4 rings (SSSR count). The van der Waals surface area contributed by atoms with Crippen molar-refractivity contribution in [3.8, 4) is 11.4 Å². The summed E-state index contributed by atoms with van der Waals surface area (Å²) in [6.07, 6.45) is 2.55. The molecule has 1 atom stereocenters. The highest BCUT2D eigenvalue weighted by Crippen LogP contribution is 2.26. The molecular weight excluding hydrogens is 458 g/mol. The molecular formula is C23H25N5O3S2. The van der Waals surface area contributed by atoms with Crippen LogP contribution in [0.3, 0.4) is 0 Å². The summed E-state index contributed by atoms with van der Waals surface area (Å²) in [4.78, 5) is 27.5. The number of carbonyl (C=O) groups is 2. The molecule has 0 radical (unpaired) electrons. The van der Waals surface area contributed by atoms with E-state index in [1.807, 2.05) is 22.8 Å². The SMILES string of the molecule is CCc1ccccc1-n1cnnc1SCC(=O)N1CSCC1C(=O)Nc1ccc(OC)cc1. The molecule has 2 aromatic carbocycles. The van der Waals surface area contributed by atoms with Crippen LogP contribution in [0, 0.1) is 0 Å². The molecule has 8 nitrogen and oxygen atoms in total. The van der Waals surface area contributed by atoms with Gasteiger partial charge in [-0.25, -0.2) is 0 Å². The number of ether oxygens (including phenoxy) is 1. The summed E-state index contributed by atoms with van der Waals surface area (Å²) < 4.78 is 7.05. The zero-order valence-corrected chi connectivity index (χ0v) is 20.1. The molecule has 1 N–H and O–H groups in total. The van der Waals surface area contributed by atoms with Gasteiger partial charge in [-0.1, -0.05) is 36.9 Å². The van der Waals surface area contributed by atoms with E-state index < -0.39 is 6.04 Å². The Morgan fingerprint density at radius 2 is 2.00 bits per heavy atom. The van der Waals surface area contributed by atoms with Crippen LogP contribution in [0.15, 0.2) is 60.0 Å². The first-order valence-corrected chi connectivity index (χ1v) is 12.7. The molecule has 1 saturated heterocycles. The standard InChI is InChI=1S/C23H25N5O3S2/c1-3-16-6-4-5-7-19(16)27-14-24-26-23(27)33-13-21(29)28-15-32-12-20(28)22(30)25-17-8-10-18(31-2)11-9-17/h4-11,14,20H,3,12-13,15H2,1-2H3,(H,25,30). The van der Waals surface area contributed by atoms with Gasteiger partial charge < -0.3 is 15.0 Å². The van der Waals surface area contributed by atoms with Crippen molar-refractivity contribution in [1.82, 2.24) is 19.7 Å². The molecule has 1 aliphatic rings. The Hall–Kier alpha value is -2.98. The number of hydrogen-bond acceptors (Lipinski definition) is 7. The summed E-state index contributed by atoms with van der Waals surface area (Å²) in [6, 6.07) is 14.7. The average molecular weight is 484 g/mol. The van der Waals surface area contributed by atoms with Gasteiger partial charge in [0.2, 0.25) is 11.8 Å². The summed E-state index contributed by atoms with van der Waals surface area (Å²) in [7, 11) is 1.59. The third-order valence-corrected chi connectivity index (χ3v) is 7.28. The lowest BCUT2D eigenvalue weighted by atomic mass is 10.1. The number of rotatable bonds is 8. The Morgan fingerprint density at radius 1 is 1.21 bits per heavy atom. The van der Waals surface area contributed by atoms with E-state index in [0.717, 1.165) is 12.1 Å². The van der Waals surface area contributed by atoms with Gasteiger partial charge in [0.05, 0.1) is 24.4 Å². The normalized spacial score (nSPS) is 15.5. The highest BCUT2D eigenvalue weighted by atomic mass is 32.2. The number of nitrogens with one attached hydrogen (secondary N) is 1. The number of benzene rings is 2. The van der Waals surface area contributed by atoms with E-state index >= 15 is 0 Å². The molecule has 33 heavy (non-hydrogen) atoms. The van der Waals surface area contributed by atoms with Crippen molar-refractivity contribution in [2.45, 2.75) is 24.5 Å². The molecule has 2 heterocycles. The molecule has 1 fully saturated rings. The van der Waals surface area contributed by atoms with Crippen molar-refractivity contribution in [1.29, 1.82) is 0 Å². The third-order valence-electron chi connectivity index (χ3n) is 5.34. The second-order valence-corrected chi connectivity index (χ2v) is 9.29. The number of hydrogen-bond donors (Lipinski definition) is 1. The average Bonchev–Trinajstić information content (AvgIpc) is 3.53. The van der Waals surface area contributed by atoms with Crippen LogP contribution < -0.4 is 10.1 Å². The second-order valence-electron chi connectivity index (χ2n) is 7.35. The van der Waals surface area contributed by atoms with Gasteiger partial charge in [0, 0.05) is 11.4 Å². The molecule has 1 aliphatic heterocycles. The quantitative estimate of drug-likeness (QED) is 0.491. The predicted molar refractivity (Wildman–Crippen MR) is 131 cm³/mol. The Balaban J connectivity index is 1.39. The fraction of sp³-hybridized carbons (Fsp3) is 0.304. The smallest absolute Gasteiger partial charge is 0.248 e. The van der Waals surface area contributed by atoms with E-state index in [1.54, 1.807) is 54.4 Å². The molecule has 1 unspecified atom stereocenters. The maximum atomic E-state index is 13.0. The van der Waals surface area contributed by atoms with Crippen LogP contribution >= 0.6 is 23.5 Å². The van der Waals surface area contributed by atoms with Crippen molar-refractivity contribution in [3.05, 3.63) is 60.4 Å². The first-order valence-electron chi connectivity index (χ1n) is 10.5. The highest BCUT2D eigenvalue weighted by Gasteiger charge is 2.34. The van der Waals surface area contributed by atoms with Gasteiger partial charge in [0.1, 0.15) is 18.1 Å². The summed E-state index contributed by atoms with van der Waals surface area (Å²) >= 11 is 2.90. The van der Waals surface area contributed by atoms with Crippen molar-refractivity contribution in [2.24, 2.45) is 0 Å². The van der Waals surface area contributed by atoms with E-state index in [4.69, 9.17) is 4.74 Å². The first-order chi connectivity index (χ1) is 16.1. The van der Waals surface area contributed by atoms with Gasteiger partial charge in [0.15, 0.2) is 5.16 Å². The molecule has 0 bridgehead atoms. The molecule has 1 aromatic heterocycles. The number of nitrogens with zero attached hydrogens (tertiary/aromatic N) is 4. The van der Waals surface area contributed by atoms with Gasteiger partial charge in [-0.15, -0.1) is 22.0 Å². The van der Waals surface area contributed by atoms with E-state index in [9.17, 15) is 9.59 Å². The van der Waals surface area contributed by atoms with Crippen molar-refractivity contribution in [3.63, 3.8) is 0 Å². The van der Waals surface area contributed by atoms with Crippen LogP contribution in [0.5, 0.6) is 5.75 Å². The van der Waals surface area contributed by atoms with Crippen LogP contribution in [-0.2, 0) is 16.0 Å². The van der Waals surface area contributed by atoms with Gasteiger partial charge in [-0.2, -0.15) is 0 Å². The largest absolute Gasteiger partial charge is 0.497 e. The summed E-state index contributed by atoms with van der Waals surface area (Å²) in [6.45, 7) is 2.10. The topological polar surface area (TPSA) is 89.4 Å². The number of methoxy groups -OCH3 is 1. The Kier molecular flexibility index (Phi) is 7.56. The fourth-order valence-corrected chi connectivity index (χ4v) is 5.54. The van der Waals surface area contributed by atoms with Crippen LogP contribution in [0.4, 0.5) is 5.69 Å². The third kappa shape index (κ3) is 5.33. The first kappa shape index (κ1) is 23.2. The Bertz CT molecular complexity index is 1120. The molecule has 0 spiro atoms. The molecule has 10 heteroatoms. The lowest BCUT2D eigenvalue weighted by Crippen LogP contribution is -2.45. The van der Waals surface area contributed by atoms with E-state index in [0.29, 0.717) is 28.2 Å². The monoisotopic (exact) mass is 483 g/mol. The maximum Gasteiger partial charge on any atom is 0.248 e. The van der Waals surface area contributed by atoms with Crippen molar-refractivity contribution < 1.29 is 14.3 Å². The van der Waals surface area contributed by atoms with Crippen molar-refractivity contribution >= 4 is 41.0 Å². The minimum absolute atomic E-state index is 0.0989. The number of anilines is 1. The summed E-state index contributed by atoms with van der Waals surface area (Å²) in [5.74, 6) is 1.67. The molecule has 3 aromatic rings. The number of amides is 2. The molecule has 172 valence electrons. The van der Waals surface area contributed by atoms with Gasteiger partial charge in [-0.3, -0.25) is 14.2 Å². The minimum atomic E-state index is -0.510. The van der Waals surface area contributed by atoms with Gasteiger partial charge >= 0.3 is 0 Å². The zero-order valence-electron chi connectivity index (χ0n) is 18.4. The van der Waals surface area contributed by atoms with E-state index in [-0.39, 0.29) is 17.6 Å². The summed E-state index contributed by atoms with van der Waals surface area (Å²) in [5, 5.41) is 11.8. The highest BCUT2D eigenvalue weighted by molar-refractivity contribution is 8.00. The lowest BCUT2D eigenvalue weighted by Gasteiger charge is -2.23. The predicted octanol–water partition coefficient (Wildman–Crippen LogP) is 3.47. The van der Waals surface area contributed by atoms with Crippen LogP contribution in [0.25, 0.3) is 5.69 Å². The van der Waals surface area contributed by atoms with Gasteiger partial charge in [-0.05, 0) is 42.3 Å². The van der Waals surface area contributed by atoms with E-state index in [2.05, 4.69) is 28.5 Å². The van der Waals surface area contributed by atoms with E-state index in [1.165, 1.54) is 17.3 Å². The molecule has 0 saturated carbocycles. The van der Waals surface area contributed by atoms with Crippen LogP contribution in [-0.4, -0.2) is 62.0 Å². The number of thioether (sulfide) groups is 2. The second kappa shape index (κ2) is 10.8. The van der Waals surface area contributed by atoms with Crippen molar-refractivity contribution in [2.75, 3.05) is 29.8 Å². The number of para-hydroxylation sites is 1. The zero-order chi connectivity index (χ0) is 23.2.